The van der Waals surface area contributed by atoms with Crippen LogP contribution in [0.3, 0.4) is 0 Å². The SMILES string of the molecule is O=C(O)c1ccc(Oc2cn[nH]c2[N+](=O)[O-])cc1. The second-order valence-electron chi connectivity index (χ2n) is 3.27. The Morgan fingerprint density at radius 2 is 2.06 bits per heavy atom. The molecule has 1 aromatic heterocycles. The number of aromatic nitrogens is 2. The van der Waals surface area contributed by atoms with Crippen molar-refractivity contribution in [2.24, 2.45) is 0 Å². The van der Waals surface area contributed by atoms with Gasteiger partial charge in [-0.2, -0.15) is 0 Å². The van der Waals surface area contributed by atoms with E-state index in [1.165, 1.54) is 30.5 Å². The van der Waals surface area contributed by atoms with Crippen molar-refractivity contribution >= 4 is 11.8 Å². The zero-order valence-corrected chi connectivity index (χ0v) is 8.86. The number of hydrogen-bond donors (Lipinski definition) is 2. The number of aromatic amines is 1. The van der Waals surface area contributed by atoms with Gasteiger partial charge >= 0.3 is 11.8 Å². The highest BCUT2D eigenvalue weighted by Gasteiger charge is 2.17. The lowest BCUT2D eigenvalue weighted by molar-refractivity contribution is -0.390. The molecule has 0 fully saturated rings. The van der Waals surface area contributed by atoms with Crippen molar-refractivity contribution in [1.29, 1.82) is 0 Å². The zero-order valence-electron chi connectivity index (χ0n) is 8.86. The average molecular weight is 249 g/mol. The zero-order chi connectivity index (χ0) is 13.1. The predicted octanol–water partition coefficient (Wildman–Crippen LogP) is 1.81. The van der Waals surface area contributed by atoms with Gasteiger partial charge in [0.1, 0.15) is 11.9 Å². The standard InChI is InChI=1S/C10H7N3O5/c14-10(15)6-1-3-7(4-2-6)18-8-5-11-12-9(8)13(16)17/h1-5H,(H,11,12)(H,14,15). The lowest BCUT2D eigenvalue weighted by Crippen LogP contribution is -1.95. The number of hydrogen-bond acceptors (Lipinski definition) is 5. The maximum absolute atomic E-state index is 10.6. The highest BCUT2D eigenvalue weighted by molar-refractivity contribution is 5.87. The minimum absolute atomic E-state index is 0.0388. The molecule has 8 nitrogen and oxygen atoms in total. The average Bonchev–Trinajstić information content (AvgIpc) is 2.78. The summed E-state index contributed by atoms with van der Waals surface area (Å²) >= 11 is 0. The van der Waals surface area contributed by atoms with Crippen LogP contribution in [0.5, 0.6) is 11.5 Å². The van der Waals surface area contributed by atoms with Gasteiger partial charge in [-0.25, -0.2) is 4.79 Å². The van der Waals surface area contributed by atoms with E-state index in [4.69, 9.17) is 9.84 Å². The van der Waals surface area contributed by atoms with E-state index in [9.17, 15) is 14.9 Å². The van der Waals surface area contributed by atoms with E-state index in [0.29, 0.717) is 0 Å². The Labute approximate surface area is 100.0 Å². The number of carboxylic acids is 1. The van der Waals surface area contributed by atoms with Gasteiger partial charge < -0.3 is 20.0 Å². The van der Waals surface area contributed by atoms with Crippen LogP contribution in [-0.4, -0.2) is 26.2 Å². The predicted molar refractivity (Wildman–Crippen MR) is 58.7 cm³/mol. The highest BCUT2D eigenvalue weighted by Crippen LogP contribution is 2.28. The second kappa shape index (κ2) is 4.53. The van der Waals surface area contributed by atoms with Crippen molar-refractivity contribution in [3.63, 3.8) is 0 Å². The fraction of sp³-hybridized carbons (Fsp3) is 0. The molecule has 0 atom stereocenters. The lowest BCUT2D eigenvalue weighted by Gasteiger charge is -2.03. The van der Waals surface area contributed by atoms with E-state index >= 15 is 0 Å². The van der Waals surface area contributed by atoms with Crippen LogP contribution >= 0.6 is 0 Å². The number of H-pyrrole nitrogens is 1. The van der Waals surface area contributed by atoms with Crippen LogP contribution in [-0.2, 0) is 0 Å². The summed E-state index contributed by atoms with van der Waals surface area (Å²) < 4.78 is 5.22. The number of rotatable bonds is 4. The molecule has 1 heterocycles. The van der Waals surface area contributed by atoms with Gasteiger partial charge in [0, 0.05) is 0 Å². The van der Waals surface area contributed by atoms with Gasteiger partial charge in [-0.05, 0) is 29.2 Å². The maximum Gasteiger partial charge on any atom is 0.385 e. The van der Waals surface area contributed by atoms with E-state index in [-0.39, 0.29) is 22.9 Å². The molecule has 0 radical (unpaired) electrons. The molecule has 0 saturated carbocycles. The van der Waals surface area contributed by atoms with Crippen LogP contribution in [0.2, 0.25) is 0 Å². The molecule has 2 aromatic rings. The van der Waals surface area contributed by atoms with E-state index in [1.54, 1.807) is 0 Å². The van der Waals surface area contributed by atoms with Crippen LogP contribution in [0.4, 0.5) is 5.82 Å². The summed E-state index contributed by atoms with van der Waals surface area (Å²) in [6, 6.07) is 5.48. The first kappa shape index (κ1) is 11.6. The van der Waals surface area contributed by atoms with Crippen LogP contribution in [0.25, 0.3) is 0 Å². The molecule has 0 aliphatic heterocycles. The van der Waals surface area contributed by atoms with Crippen molar-refractivity contribution in [3.05, 3.63) is 46.1 Å². The summed E-state index contributed by atoms with van der Waals surface area (Å²) in [7, 11) is 0. The fourth-order valence-electron chi connectivity index (χ4n) is 1.27. The Hall–Kier alpha value is -2.90. The van der Waals surface area contributed by atoms with Gasteiger partial charge in [0.25, 0.3) is 0 Å². The molecular formula is C10H7N3O5. The first-order chi connectivity index (χ1) is 8.58. The van der Waals surface area contributed by atoms with Crippen LogP contribution in [0.1, 0.15) is 10.4 Å². The summed E-state index contributed by atoms with van der Waals surface area (Å²) in [5, 5.41) is 25.0. The number of nitrogens with zero attached hydrogens (tertiary/aromatic N) is 2. The third-order valence-corrected chi connectivity index (χ3v) is 2.10. The minimum atomic E-state index is -1.06. The lowest BCUT2D eigenvalue weighted by atomic mass is 10.2. The van der Waals surface area contributed by atoms with Crippen molar-refractivity contribution < 1.29 is 19.6 Å². The summed E-state index contributed by atoms with van der Waals surface area (Å²) in [6.45, 7) is 0. The molecule has 0 saturated heterocycles. The molecule has 18 heavy (non-hydrogen) atoms. The third-order valence-electron chi connectivity index (χ3n) is 2.10. The molecule has 2 rings (SSSR count). The van der Waals surface area contributed by atoms with Gasteiger partial charge in [-0.1, -0.05) is 5.10 Å². The Kier molecular flexibility index (Phi) is 2.92. The minimum Gasteiger partial charge on any atom is -0.478 e. The van der Waals surface area contributed by atoms with Gasteiger partial charge in [-0.3, -0.25) is 0 Å². The number of nitro groups is 1. The Balaban J connectivity index is 2.21. The number of benzene rings is 1. The number of ether oxygens (including phenoxy) is 1. The van der Waals surface area contributed by atoms with Crippen LogP contribution in [0.15, 0.2) is 30.5 Å². The number of carboxylic acid groups (broad SMARTS) is 1. The molecular weight excluding hydrogens is 242 g/mol. The van der Waals surface area contributed by atoms with Gasteiger partial charge in [0.05, 0.1) is 5.56 Å². The molecule has 0 aliphatic rings. The summed E-state index contributed by atoms with van der Waals surface area (Å²) in [5.41, 5.74) is 0.101. The molecule has 8 heteroatoms. The van der Waals surface area contributed by atoms with Crippen molar-refractivity contribution in [1.82, 2.24) is 10.2 Å². The van der Waals surface area contributed by atoms with Gasteiger partial charge in [-0.15, -0.1) is 5.10 Å². The first-order valence-corrected chi connectivity index (χ1v) is 4.77. The first-order valence-electron chi connectivity index (χ1n) is 4.77. The quantitative estimate of drug-likeness (QED) is 0.630. The van der Waals surface area contributed by atoms with E-state index in [1.807, 2.05) is 0 Å². The Bertz CT molecular complexity index is 590. The van der Waals surface area contributed by atoms with Gasteiger partial charge in [0.2, 0.25) is 5.75 Å². The van der Waals surface area contributed by atoms with E-state index < -0.39 is 10.9 Å². The highest BCUT2D eigenvalue weighted by atomic mass is 16.6. The normalized spacial score (nSPS) is 10.0. The van der Waals surface area contributed by atoms with E-state index in [0.717, 1.165) is 0 Å². The molecule has 0 amide bonds. The second-order valence-corrected chi connectivity index (χ2v) is 3.27. The Morgan fingerprint density at radius 3 is 2.61 bits per heavy atom. The van der Waals surface area contributed by atoms with Crippen LogP contribution in [0, 0.1) is 10.1 Å². The van der Waals surface area contributed by atoms with Crippen LogP contribution < -0.4 is 4.74 Å². The number of aromatic carboxylic acids is 1. The largest absolute Gasteiger partial charge is 0.478 e. The molecule has 2 N–H and O–H groups in total. The Morgan fingerprint density at radius 1 is 1.39 bits per heavy atom. The molecule has 1 aromatic carbocycles. The third kappa shape index (κ3) is 2.26. The molecule has 0 spiro atoms. The number of nitrogens with one attached hydrogen (secondary N) is 1. The molecule has 0 aliphatic carbocycles. The van der Waals surface area contributed by atoms with Crippen molar-refractivity contribution in [2.75, 3.05) is 0 Å². The number of carbonyl (C=O) groups is 1. The summed E-state index contributed by atoms with van der Waals surface area (Å²) in [5.74, 6) is -1.18. The van der Waals surface area contributed by atoms with Crippen molar-refractivity contribution in [2.45, 2.75) is 0 Å². The van der Waals surface area contributed by atoms with Crippen molar-refractivity contribution in [3.8, 4) is 11.5 Å². The summed E-state index contributed by atoms with van der Waals surface area (Å²) in [6.07, 6.45) is 1.17. The fourth-order valence-corrected chi connectivity index (χ4v) is 1.27. The molecule has 0 bridgehead atoms. The maximum atomic E-state index is 10.6. The topological polar surface area (TPSA) is 118 Å². The van der Waals surface area contributed by atoms with E-state index in [2.05, 4.69) is 10.2 Å². The smallest absolute Gasteiger partial charge is 0.385 e. The monoisotopic (exact) mass is 249 g/mol. The molecule has 0 unspecified atom stereocenters. The molecule has 92 valence electrons. The van der Waals surface area contributed by atoms with Gasteiger partial charge in [0.15, 0.2) is 0 Å². The summed E-state index contributed by atoms with van der Waals surface area (Å²) in [4.78, 5) is 20.6.